The Hall–Kier alpha value is -1.05. The van der Waals surface area contributed by atoms with Gasteiger partial charge in [-0.15, -0.1) is 0 Å². The molecule has 0 aliphatic heterocycles. The van der Waals surface area contributed by atoms with Crippen LogP contribution in [0.15, 0.2) is 23.9 Å². The molecule has 2 heteroatoms. The van der Waals surface area contributed by atoms with Gasteiger partial charge in [-0.05, 0) is 29.8 Å². The summed E-state index contributed by atoms with van der Waals surface area (Å²) in [6, 6.07) is 0. The van der Waals surface area contributed by atoms with E-state index < -0.39 is 0 Å². The lowest BCUT2D eigenvalue weighted by molar-refractivity contribution is -0.104. The van der Waals surface area contributed by atoms with Gasteiger partial charge >= 0.3 is 0 Å². The maximum Gasteiger partial charge on any atom is 0.143 e. The number of carbonyl (C=O) groups excluding carboxylic acids is 1. The summed E-state index contributed by atoms with van der Waals surface area (Å²) in [5.74, 6) is 0.393. The molecule has 0 bridgehead atoms. The molecule has 0 aliphatic carbocycles. The van der Waals surface area contributed by atoms with Crippen LogP contribution >= 0.6 is 0 Å². The largest absolute Gasteiger partial charge is 0.394 e. The topological polar surface area (TPSA) is 29.1 Å². The second kappa shape index (κ2) is 5.71. The van der Waals surface area contributed by atoms with Crippen LogP contribution in [0, 0.1) is 5.92 Å². The van der Waals surface area contributed by atoms with Crippen molar-refractivity contribution in [3.8, 4) is 0 Å². The minimum absolute atomic E-state index is 0.393. The molecule has 0 rings (SSSR count). The highest BCUT2D eigenvalue weighted by Crippen LogP contribution is 2.08. The molecule has 0 aliphatic rings. The average Bonchev–Trinajstić information content (AvgIpc) is 1.97. The van der Waals surface area contributed by atoms with Crippen LogP contribution in [-0.4, -0.2) is 13.3 Å². The number of rotatable bonds is 4. The van der Waals surface area contributed by atoms with Crippen LogP contribution in [0.4, 0.5) is 0 Å². The first kappa shape index (κ1) is 9.95. The number of allylic oxidation sites excluding steroid dienone is 3. The maximum absolute atomic E-state index is 10.2. The highest BCUT2D eigenvalue weighted by atomic mass is 16.1. The van der Waals surface area contributed by atoms with Crippen LogP contribution in [0.3, 0.4) is 0 Å². The van der Waals surface area contributed by atoms with Crippen molar-refractivity contribution in [2.45, 2.75) is 13.8 Å². The summed E-state index contributed by atoms with van der Waals surface area (Å²) in [4.78, 5) is 10.2. The average molecular weight is 153 g/mol. The Kier molecular flexibility index (Phi) is 5.17. The zero-order chi connectivity index (χ0) is 8.69. The molecule has 0 spiro atoms. The Morgan fingerprint density at radius 1 is 1.45 bits per heavy atom. The van der Waals surface area contributed by atoms with E-state index in [2.05, 4.69) is 19.2 Å². The van der Waals surface area contributed by atoms with Crippen molar-refractivity contribution >= 4 is 6.29 Å². The number of nitrogens with one attached hydrogen (secondary N) is 1. The monoisotopic (exact) mass is 153 g/mol. The summed E-state index contributed by atoms with van der Waals surface area (Å²) < 4.78 is 0. The molecule has 1 N–H and O–H groups in total. The molecule has 0 heterocycles. The van der Waals surface area contributed by atoms with E-state index in [1.54, 1.807) is 6.08 Å². The lowest BCUT2D eigenvalue weighted by Gasteiger charge is -2.03. The summed E-state index contributed by atoms with van der Waals surface area (Å²) in [5.41, 5.74) is 1.04. The third-order valence-corrected chi connectivity index (χ3v) is 1.37. The first-order valence-electron chi connectivity index (χ1n) is 3.71. The molecule has 0 saturated heterocycles. The molecule has 0 aromatic rings. The van der Waals surface area contributed by atoms with E-state index in [9.17, 15) is 4.79 Å². The van der Waals surface area contributed by atoms with Crippen molar-refractivity contribution in [2.24, 2.45) is 5.92 Å². The quantitative estimate of drug-likeness (QED) is 0.377. The summed E-state index contributed by atoms with van der Waals surface area (Å²) in [6.45, 7) is 4.10. The van der Waals surface area contributed by atoms with Crippen molar-refractivity contribution in [3.63, 3.8) is 0 Å². The van der Waals surface area contributed by atoms with E-state index in [1.165, 1.54) is 0 Å². The van der Waals surface area contributed by atoms with E-state index in [0.29, 0.717) is 5.92 Å². The molecule has 11 heavy (non-hydrogen) atoms. The van der Waals surface area contributed by atoms with Gasteiger partial charge in [-0.3, -0.25) is 4.79 Å². The molecule has 0 amide bonds. The number of carbonyl (C=O) groups is 1. The van der Waals surface area contributed by atoms with Crippen LogP contribution in [-0.2, 0) is 4.79 Å². The van der Waals surface area contributed by atoms with E-state index in [-0.39, 0.29) is 0 Å². The van der Waals surface area contributed by atoms with Crippen molar-refractivity contribution < 1.29 is 4.79 Å². The highest BCUT2D eigenvalue weighted by Gasteiger charge is 1.96. The molecule has 0 saturated carbocycles. The zero-order valence-electron chi connectivity index (χ0n) is 7.29. The molecule has 0 radical (unpaired) electrons. The van der Waals surface area contributed by atoms with Crippen LogP contribution < -0.4 is 5.32 Å². The van der Waals surface area contributed by atoms with Gasteiger partial charge < -0.3 is 5.32 Å². The van der Waals surface area contributed by atoms with Crippen molar-refractivity contribution in [1.29, 1.82) is 0 Å². The van der Waals surface area contributed by atoms with E-state index >= 15 is 0 Å². The molecular weight excluding hydrogens is 138 g/mol. The Balaban J connectivity index is 4.22. The second-order valence-electron chi connectivity index (χ2n) is 2.58. The molecule has 0 aromatic carbocycles. The molecule has 2 nitrogen and oxygen atoms in total. The normalized spacial score (nSPS) is 12.5. The van der Waals surface area contributed by atoms with Gasteiger partial charge in [0.25, 0.3) is 0 Å². The minimum atomic E-state index is 0.393. The molecule has 62 valence electrons. The third kappa shape index (κ3) is 4.37. The van der Waals surface area contributed by atoms with Crippen LogP contribution in [0.5, 0.6) is 0 Å². The molecule has 0 fully saturated rings. The van der Waals surface area contributed by atoms with Gasteiger partial charge in [0.2, 0.25) is 0 Å². The minimum Gasteiger partial charge on any atom is -0.394 e. The number of hydrogen-bond acceptors (Lipinski definition) is 2. The lowest BCUT2D eigenvalue weighted by Crippen LogP contribution is -1.96. The van der Waals surface area contributed by atoms with Gasteiger partial charge in [0.15, 0.2) is 0 Å². The fraction of sp³-hybridized carbons (Fsp3) is 0.444. The van der Waals surface area contributed by atoms with Crippen LogP contribution in [0.25, 0.3) is 0 Å². The zero-order valence-corrected chi connectivity index (χ0v) is 7.29. The van der Waals surface area contributed by atoms with Gasteiger partial charge in [-0.1, -0.05) is 13.8 Å². The van der Waals surface area contributed by atoms with E-state index in [0.717, 1.165) is 11.9 Å². The van der Waals surface area contributed by atoms with Crippen molar-refractivity contribution in [2.75, 3.05) is 7.05 Å². The number of aldehydes is 1. The highest BCUT2D eigenvalue weighted by molar-refractivity contribution is 5.67. The first-order chi connectivity index (χ1) is 5.22. The van der Waals surface area contributed by atoms with E-state index in [1.807, 2.05) is 19.3 Å². The Bertz CT molecular complexity index is 168. The van der Waals surface area contributed by atoms with Crippen LogP contribution in [0.2, 0.25) is 0 Å². The predicted octanol–water partition coefficient (Wildman–Crippen LogP) is 1.50. The third-order valence-electron chi connectivity index (χ3n) is 1.37. The van der Waals surface area contributed by atoms with Crippen molar-refractivity contribution in [3.05, 3.63) is 23.9 Å². The maximum atomic E-state index is 10.2. The van der Waals surface area contributed by atoms with E-state index in [4.69, 9.17) is 0 Å². The summed E-state index contributed by atoms with van der Waals surface area (Å²) in [5, 5.41) is 2.87. The SMILES string of the molecule is CN/C=C\C(=C/C=O)C(C)C. The van der Waals surface area contributed by atoms with Gasteiger partial charge in [0.05, 0.1) is 0 Å². The standard InChI is InChI=1S/C9H15NO/c1-8(2)9(5-7-11)4-6-10-3/h4-8,10H,1-3H3/b6-4-,9-5+. The Morgan fingerprint density at radius 2 is 2.09 bits per heavy atom. The first-order valence-corrected chi connectivity index (χ1v) is 3.71. The fourth-order valence-electron chi connectivity index (χ4n) is 0.699. The second-order valence-corrected chi connectivity index (χ2v) is 2.58. The molecule has 0 aromatic heterocycles. The Labute approximate surface area is 68.0 Å². The Morgan fingerprint density at radius 3 is 2.45 bits per heavy atom. The smallest absolute Gasteiger partial charge is 0.143 e. The van der Waals surface area contributed by atoms with Crippen LogP contribution in [0.1, 0.15) is 13.8 Å². The van der Waals surface area contributed by atoms with Crippen molar-refractivity contribution in [1.82, 2.24) is 5.32 Å². The molecular formula is C9H15NO. The lowest BCUT2D eigenvalue weighted by atomic mass is 10.0. The van der Waals surface area contributed by atoms with Gasteiger partial charge in [0, 0.05) is 7.05 Å². The molecule has 0 atom stereocenters. The summed E-state index contributed by atoms with van der Waals surface area (Å²) >= 11 is 0. The fourth-order valence-corrected chi connectivity index (χ4v) is 0.699. The summed E-state index contributed by atoms with van der Waals surface area (Å²) in [7, 11) is 1.83. The van der Waals surface area contributed by atoms with Gasteiger partial charge in [0.1, 0.15) is 6.29 Å². The molecule has 0 unspecified atom stereocenters. The van der Waals surface area contributed by atoms with Gasteiger partial charge in [-0.25, -0.2) is 0 Å². The van der Waals surface area contributed by atoms with Gasteiger partial charge in [-0.2, -0.15) is 0 Å². The summed E-state index contributed by atoms with van der Waals surface area (Å²) in [6.07, 6.45) is 6.11. The predicted molar refractivity (Wildman–Crippen MR) is 47.2 cm³/mol. The number of hydrogen-bond donors (Lipinski definition) is 1.